The van der Waals surface area contributed by atoms with E-state index in [1.807, 2.05) is 42.6 Å². The number of aryl methyl sites for hydroxylation is 1. The Hall–Kier alpha value is -3.14. The zero-order valence-electron chi connectivity index (χ0n) is 15.0. The van der Waals surface area contributed by atoms with Gasteiger partial charge in [-0.05, 0) is 30.5 Å². The first kappa shape index (κ1) is 16.3. The molecule has 4 aromatic rings. The maximum Gasteiger partial charge on any atom is 0.258 e. The maximum atomic E-state index is 6.06. The number of hydrogen-bond acceptors (Lipinski definition) is 3. The molecular weight excluding hydrogens is 322 g/mol. The molecule has 0 unspecified atom stereocenters. The van der Waals surface area contributed by atoms with Gasteiger partial charge in [-0.25, -0.2) is 0 Å². The summed E-state index contributed by atoms with van der Waals surface area (Å²) in [6.45, 7) is 5.52. The zero-order chi connectivity index (χ0) is 17.9. The van der Waals surface area contributed by atoms with Crippen molar-refractivity contribution >= 4 is 10.9 Å². The lowest BCUT2D eigenvalue weighted by atomic mass is 10.2. The lowest BCUT2D eigenvalue weighted by Crippen LogP contribution is -2.05. The normalized spacial score (nSPS) is 11.0. The van der Waals surface area contributed by atoms with Crippen molar-refractivity contribution in [1.29, 1.82) is 0 Å². The standard InChI is InChI=1S/C22H21N3O/c1-16-17(2)25(14-18-9-5-3-6-10-18)21-20(16)13-23-24-22(21)26-15-19-11-7-4-8-12-19/h3-13H,14-15H2,1-2H3. The predicted molar refractivity (Wildman–Crippen MR) is 103 cm³/mol. The number of fused-ring (bicyclic) bond motifs is 1. The van der Waals surface area contributed by atoms with Gasteiger partial charge in [-0.2, -0.15) is 5.10 Å². The molecule has 0 spiro atoms. The summed E-state index contributed by atoms with van der Waals surface area (Å²) in [5.74, 6) is 0.582. The summed E-state index contributed by atoms with van der Waals surface area (Å²) in [5, 5.41) is 9.54. The molecule has 2 heterocycles. The third-order valence-corrected chi connectivity index (χ3v) is 4.82. The first-order valence-electron chi connectivity index (χ1n) is 8.76. The lowest BCUT2D eigenvalue weighted by molar-refractivity contribution is 0.293. The summed E-state index contributed by atoms with van der Waals surface area (Å²) >= 11 is 0. The van der Waals surface area contributed by atoms with Crippen molar-refractivity contribution in [2.24, 2.45) is 0 Å². The van der Waals surface area contributed by atoms with Gasteiger partial charge < -0.3 is 9.30 Å². The molecule has 0 aliphatic carbocycles. The summed E-state index contributed by atoms with van der Waals surface area (Å²) in [4.78, 5) is 0. The molecule has 130 valence electrons. The highest BCUT2D eigenvalue weighted by atomic mass is 16.5. The lowest BCUT2D eigenvalue weighted by Gasteiger charge is -2.11. The van der Waals surface area contributed by atoms with Crippen molar-refractivity contribution in [1.82, 2.24) is 14.8 Å². The molecule has 0 fully saturated rings. The second-order valence-electron chi connectivity index (χ2n) is 6.47. The Kier molecular flexibility index (Phi) is 4.40. The first-order valence-corrected chi connectivity index (χ1v) is 8.76. The van der Waals surface area contributed by atoms with Gasteiger partial charge in [-0.1, -0.05) is 60.7 Å². The molecule has 0 saturated carbocycles. The summed E-state index contributed by atoms with van der Waals surface area (Å²) in [5.41, 5.74) is 5.80. The van der Waals surface area contributed by atoms with Gasteiger partial charge >= 0.3 is 0 Å². The maximum absolute atomic E-state index is 6.06. The van der Waals surface area contributed by atoms with Crippen LogP contribution in [0.3, 0.4) is 0 Å². The van der Waals surface area contributed by atoms with Crippen LogP contribution in [0.1, 0.15) is 22.4 Å². The Morgan fingerprint density at radius 3 is 2.23 bits per heavy atom. The van der Waals surface area contributed by atoms with Gasteiger partial charge in [-0.3, -0.25) is 0 Å². The number of benzene rings is 2. The topological polar surface area (TPSA) is 39.9 Å². The quantitative estimate of drug-likeness (QED) is 0.528. The average Bonchev–Trinajstić information content (AvgIpc) is 2.93. The van der Waals surface area contributed by atoms with E-state index in [-0.39, 0.29) is 0 Å². The zero-order valence-corrected chi connectivity index (χ0v) is 15.0. The van der Waals surface area contributed by atoms with Gasteiger partial charge in [-0.15, -0.1) is 5.10 Å². The minimum atomic E-state index is 0.475. The highest BCUT2D eigenvalue weighted by Gasteiger charge is 2.17. The van der Waals surface area contributed by atoms with Crippen LogP contribution in [0, 0.1) is 13.8 Å². The SMILES string of the molecule is Cc1c(C)n(Cc2ccccc2)c2c(OCc3ccccc3)nncc12. The Morgan fingerprint density at radius 1 is 0.885 bits per heavy atom. The van der Waals surface area contributed by atoms with Gasteiger partial charge in [0.15, 0.2) is 0 Å². The van der Waals surface area contributed by atoms with Crippen LogP contribution < -0.4 is 4.74 Å². The summed E-state index contributed by atoms with van der Waals surface area (Å²) in [6.07, 6.45) is 1.83. The third-order valence-electron chi connectivity index (χ3n) is 4.82. The number of ether oxygens (including phenoxy) is 1. The van der Waals surface area contributed by atoms with Crippen molar-refractivity contribution in [3.8, 4) is 5.88 Å². The van der Waals surface area contributed by atoms with E-state index in [0.717, 1.165) is 23.0 Å². The van der Waals surface area contributed by atoms with Crippen molar-refractivity contribution < 1.29 is 4.74 Å². The minimum absolute atomic E-state index is 0.475. The van der Waals surface area contributed by atoms with E-state index in [0.29, 0.717) is 12.5 Å². The van der Waals surface area contributed by atoms with Gasteiger partial charge in [0, 0.05) is 17.6 Å². The van der Waals surface area contributed by atoms with Crippen LogP contribution in [-0.2, 0) is 13.2 Å². The molecule has 0 aliphatic rings. The van der Waals surface area contributed by atoms with Crippen LogP contribution in [0.4, 0.5) is 0 Å². The van der Waals surface area contributed by atoms with Crippen LogP contribution >= 0.6 is 0 Å². The molecule has 2 aromatic carbocycles. The molecule has 4 rings (SSSR count). The molecular formula is C22H21N3O. The van der Waals surface area contributed by atoms with Crippen molar-refractivity contribution in [3.05, 3.63) is 89.2 Å². The van der Waals surface area contributed by atoms with Gasteiger partial charge in [0.2, 0.25) is 0 Å². The van der Waals surface area contributed by atoms with Gasteiger partial charge in [0.05, 0.1) is 6.20 Å². The molecule has 0 atom stereocenters. The third kappa shape index (κ3) is 3.06. The first-order chi connectivity index (χ1) is 12.7. The molecule has 2 aromatic heterocycles. The molecule has 0 bridgehead atoms. The summed E-state index contributed by atoms with van der Waals surface area (Å²) in [7, 11) is 0. The fourth-order valence-corrected chi connectivity index (χ4v) is 3.25. The number of hydrogen-bond donors (Lipinski definition) is 0. The van der Waals surface area contributed by atoms with Crippen molar-refractivity contribution in [3.63, 3.8) is 0 Å². The number of aromatic nitrogens is 3. The highest BCUT2D eigenvalue weighted by Crippen LogP contribution is 2.31. The van der Waals surface area contributed by atoms with E-state index in [1.165, 1.54) is 16.8 Å². The van der Waals surface area contributed by atoms with E-state index in [4.69, 9.17) is 4.74 Å². The second-order valence-corrected chi connectivity index (χ2v) is 6.47. The van der Waals surface area contributed by atoms with E-state index in [9.17, 15) is 0 Å². The minimum Gasteiger partial charge on any atom is -0.470 e. The van der Waals surface area contributed by atoms with Crippen molar-refractivity contribution in [2.45, 2.75) is 27.0 Å². The van der Waals surface area contributed by atoms with Crippen LogP contribution in [-0.4, -0.2) is 14.8 Å². The molecule has 0 amide bonds. The average molecular weight is 343 g/mol. The van der Waals surface area contributed by atoms with E-state index >= 15 is 0 Å². The molecule has 0 saturated heterocycles. The molecule has 0 aliphatic heterocycles. The Balaban J connectivity index is 1.75. The molecule has 4 nitrogen and oxygen atoms in total. The van der Waals surface area contributed by atoms with Crippen LogP contribution in [0.15, 0.2) is 66.9 Å². The van der Waals surface area contributed by atoms with E-state index in [2.05, 4.69) is 52.9 Å². The Morgan fingerprint density at radius 2 is 1.54 bits per heavy atom. The fourth-order valence-electron chi connectivity index (χ4n) is 3.25. The van der Waals surface area contributed by atoms with E-state index in [1.54, 1.807) is 0 Å². The van der Waals surface area contributed by atoms with Gasteiger partial charge in [0.1, 0.15) is 12.1 Å². The van der Waals surface area contributed by atoms with Crippen LogP contribution in [0.25, 0.3) is 10.9 Å². The smallest absolute Gasteiger partial charge is 0.258 e. The van der Waals surface area contributed by atoms with E-state index < -0.39 is 0 Å². The van der Waals surface area contributed by atoms with Crippen molar-refractivity contribution in [2.75, 3.05) is 0 Å². The predicted octanol–water partition coefficient (Wildman–Crippen LogP) is 4.68. The monoisotopic (exact) mass is 343 g/mol. The van der Waals surface area contributed by atoms with Gasteiger partial charge in [0.25, 0.3) is 5.88 Å². The van der Waals surface area contributed by atoms with Crippen LogP contribution in [0.5, 0.6) is 5.88 Å². The highest BCUT2D eigenvalue weighted by molar-refractivity contribution is 5.88. The molecule has 26 heavy (non-hydrogen) atoms. The van der Waals surface area contributed by atoms with Crippen LogP contribution in [0.2, 0.25) is 0 Å². The number of nitrogens with zero attached hydrogens (tertiary/aromatic N) is 3. The molecule has 0 N–H and O–H groups in total. The molecule has 0 radical (unpaired) electrons. The summed E-state index contributed by atoms with van der Waals surface area (Å²) < 4.78 is 8.33. The largest absolute Gasteiger partial charge is 0.470 e. The molecule has 4 heteroatoms. The fraction of sp³-hybridized carbons (Fsp3) is 0.182. The summed E-state index contributed by atoms with van der Waals surface area (Å²) in [6, 6.07) is 20.6. The number of rotatable bonds is 5. The Labute approximate surface area is 153 Å². The Bertz CT molecular complexity index is 1020. The second kappa shape index (κ2) is 7.00.